The molecule has 4 rings (SSSR count). The second kappa shape index (κ2) is 6.29. The van der Waals surface area contributed by atoms with Crippen molar-refractivity contribution in [3.63, 3.8) is 0 Å². The molecular weight excluding hydrogens is 331 g/mol. The van der Waals surface area contributed by atoms with Gasteiger partial charge in [-0.3, -0.25) is 4.79 Å². The first kappa shape index (κ1) is 16.3. The fraction of sp³-hybridized carbons (Fsp3) is 0.200. The highest BCUT2D eigenvalue weighted by Gasteiger charge is 2.31. The maximum atomic E-state index is 13.6. The maximum absolute atomic E-state index is 13.6. The number of nitrogen functional groups attached to an aromatic ring is 1. The molecule has 6 heteroatoms. The number of fused-ring (bicyclic) bond motifs is 1. The van der Waals surface area contributed by atoms with E-state index in [-0.39, 0.29) is 17.6 Å². The van der Waals surface area contributed by atoms with Gasteiger partial charge in [-0.2, -0.15) is 4.39 Å². The number of halogens is 1. The van der Waals surface area contributed by atoms with Crippen LogP contribution in [0.4, 0.5) is 10.3 Å². The number of carbonyl (C=O) groups excluding carboxylic acids is 1. The molecule has 1 unspecified atom stereocenters. The largest absolute Gasteiger partial charge is 0.368 e. The number of hydrogen-bond donors (Lipinski definition) is 1. The van der Waals surface area contributed by atoms with Crippen molar-refractivity contribution >= 4 is 11.7 Å². The second-order valence-electron chi connectivity index (χ2n) is 6.45. The molecule has 2 heterocycles. The van der Waals surface area contributed by atoms with Gasteiger partial charge in [0.05, 0.1) is 22.6 Å². The standard InChI is InChI=1S/C20H17FN4O/c1-11-19-16(25-20(22)23-11)9-12(10-17(19)26)13-5-2-3-6-14(13)15-7-4-8-18(21)24-15/h2-8,12H,9-10H2,1H3,(H2,22,23,25). The minimum Gasteiger partial charge on any atom is -0.368 e. The summed E-state index contributed by atoms with van der Waals surface area (Å²) in [6.07, 6.45) is 0.939. The molecule has 1 atom stereocenters. The normalized spacial score (nSPS) is 16.4. The van der Waals surface area contributed by atoms with Gasteiger partial charge < -0.3 is 5.73 Å². The third-order valence-corrected chi connectivity index (χ3v) is 4.72. The number of hydrogen-bond acceptors (Lipinski definition) is 5. The Balaban J connectivity index is 1.79. The Morgan fingerprint density at radius 3 is 2.65 bits per heavy atom. The molecule has 1 aliphatic rings. The van der Waals surface area contributed by atoms with Crippen LogP contribution < -0.4 is 5.73 Å². The number of pyridine rings is 1. The van der Waals surface area contributed by atoms with Crippen molar-refractivity contribution in [2.24, 2.45) is 0 Å². The van der Waals surface area contributed by atoms with Gasteiger partial charge in [0.2, 0.25) is 11.9 Å². The van der Waals surface area contributed by atoms with Crippen LogP contribution in [0, 0.1) is 12.9 Å². The number of aromatic nitrogens is 3. The number of Topliss-reactive ketones (excluding diaryl/α,β-unsaturated/α-hetero) is 1. The molecule has 0 radical (unpaired) electrons. The van der Waals surface area contributed by atoms with Crippen molar-refractivity contribution in [3.05, 3.63) is 70.9 Å². The fourth-order valence-corrected chi connectivity index (χ4v) is 3.66. The minimum absolute atomic E-state index is 0.00996. The van der Waals surface area contributed by atoms with Gasteiger partial charge in [-0.25, -0.2) is 15.0 Å². The number of aryl methyl sites for hydroxylation is 1. The van der Waals surface area contributed by atoms with E-state index in [4.69, 9.17) is 5.73 Å². The summed E-state index contributed by atoms with van der Waals surface area (Å²) in [6.45, 7) is 1.78. The van der Waals surface area contributed by atoms with Crippen LogP contribution in [0.2, 0.25) is 0 Å². The number of nitrogens with two attached hydrogens (primary N) is 1. The number of ketones is 1. The van der Waals surface area contributed by atoms with Crippen molar-refractivity contribution < 1.29 is 9.18 Å². The Morgan fingerprint density at radius 2 is 1.85 bits per heavy atom. The number of anilines is 1. The molecule has 5 nitrogen and oxygen atoms in total. The summed E-state index contributed by atoms with van der Waals surface area (Å²) in [5, 5.41) is 0. The van der Waals surface area contributed by atoms with Gasteiger partial charge in [-0.1, -0.05) is 30.3 Å². The molecule has 0 bridgehead atoms. The molecule has 0 fully saturated rings. The predicted octanol–water partition coefficient (Wildman–Crippen LogP) is 3.48. The van der Waals surface area contributed by atoms with Crippen molar-refractivity contribution in [2.45, 2.75) is 25.7 Å². The highest BCUT2D eigenvalue weighted by Crippen LogP contribution is 2.37. The van der Waals surface area contributed by atoms with Gasteiger partial charge in [0.1, 0.15) is 0 Å². The van der Waals surface area contributed by atoms with E-state index in [0.29, 0.717) is 35.5 Å². The van der Waals surface area contributed by atoms with Crippen LogP contribution in [0.5, 0.6) is 0 Å². The van der Waals surface area contributed by atoms with Crippen LogP contribution in [0.1, 0.15) is 39.6 Å². The molecule has 2 N–H and O–H groups in total. The number of carbonyl (C=O) groups is 1. The molecule has 1 aromatic carbocycles. The van der Waals surface area contributed by atoms with Gasteiger partial charge in [0.15, 0.2) is 5.78 Å². The minimum atomic E-state index is -0.529. The van der Waals surface area contributed by atoms with Crippen molar-refractivity contribution in [2.75, 3.05) is 5.73 Å². The SMILES string of the molecule is Cc1nc(N)nc2c1C(=O)CC(c1ccccc1-c1cccc(F)n1)C2. The van der Waals surface area contributed by atoms with Gasteiger partial charge in [0, 0.05) is 12.0 Å². The van der Waals surface area contributed by atoms with Crippen LogP contribution in [-0.4, -0.2) is 20.7 Å². The van der Waals surface area contributed by atoms with Gasteiger partial charge in [-0.05, 0) is 37.0 Å². The maximum Gasteiger partial charge on any atom is 0.220 e. The highest BCUT2D eigenvalue weighted by molar-refractivity contribution is 6.00. The molecule has 1 aliphatic carbocycles. The lowest BCUT2D eigenvalue weighted by atomic mass is 9.79. The molecule has 0 amide bonds. The zero-order valence-electron chi connectivity index (χ0n) is 14.2. The van der Waals surface area contributed by atoms with Crippen molar-refractivity contribution in [1.29, 1.82) is 0 Å². The van der Waals surface area contributed by atoms with Crippen molar-refractivity contribution in [1.82, 2.24) is 15.0 Å². The summed E-state index contributed by atoms with van der Waals surface area (Å²) in [4.78, 5) is 25.1. The van der Waals surface area contributed by atoms with Crippen LogP contribution >= 0.6 is 0 Å². The van der Waals surface area contributed by atoms with E-state index in [0.717, 1.165) is 11.1 Å². The van der Waals surface area contributed by atoms with E-state index in [2.05, 4.69) is 15.0 Å². The third kappa shape index (κ3) is 2.83. The Bertz CT molecular complexity index is 1020. The van der Waals surface area contributed by atoms with E-state index < -0.39 is 5.95 Å². The summed E-state index contributed by atoms with van der Waals surface area (Å²) in [7, 11) is 0. The van der Waals surface area contributed by atoms with Crippen LogP contribution in [0.3, 0.4) is 0 Å². The molecule has 26 heavy (non-hydrogen) atoms. The molecule has 130 valence electrons. The summed E-state index contributed by atoms with van der Waals surface area (Å²) in [5.74, 6) is -0.408. The Labute approximate surface area is 150 Å². The monoisotopic (exact) mass is 348 g/mol. The molecule has 2 aromatic heterocycles. The first-order chi connectivity index (χ1) is 12.5. The van der Waals surface area contributed by atoms with E-state index in [9.17, 15) is 9.18 Å². The highest BCUT2D eigenvalue weighted by atomic mass is 19.1. The zero-order valence-corrected chi connectivity index (χ0v) is 14.2. The summed E-state index contributed by atoms with van der Waals surface area (Å²) >= 11 is 0. The number of benzene rings is 1. The van der Waals surface area contributed by atoms with E-state index >= 15 is 0 Å². The molecule has 0 saturated carbocycles. The summed E-state index contributed by atoms with van der Waals surface area (Å²) in [6, 6.07) is 12.4. The third-order valence-electron chi connectivity index (χ3n) is 4.72. The van der Waals surface area contributed by atoms with Gasteiger partial charge in [0.25, 0.3) is 0 Å². The molecule has 0 spiro atoms. The number of nitrogens with zero attached hydrogens (tertiary/aromatic N) is 3. The first-order valence-corrected chi connectivity index (χ1v) is 8.41. The molecule has 0 aliphatic heterocycles. The molecule has 3 aromatic rings. The number of rotatable bonds is 2. The van der Waals surface area contributed by atoms with Gasteiger partial charge in [-0.15, -0.1) is 0 Å². The van der Waals surface area contributed by atoms with E-state index in [1.165, 1.54) is 6.07 Å². The predicted molar refractivity (Wildman–Crippen MR) is 96.2 cm³/mol. The average Bonchev–Trinajstić information content (AvgIpc) is 2.60. The van der Waals surface area contributed by atoms with Crippen LogP contribution in [0.15, 0.2) is 42.5 Å². The van der Waals surface area contributed by atoms with E-state index in [1.807, 2.05) is 24.3 Å². The first-order valence-electron chi connectivity index (χ1n) is 8.41. The Morgan fingerprint density at radius 1 is 1.04 bits per heavy atom. The van der Waals surface area contributed by atoms with Crippen LogP contribution in [0.25, 0.3) is 11.3 Å². The van der Waals surface area contributed by atoms with Crippen molar-refractivity contribution in [3.8, 4) is 11.3 Å². The molecular formula is C20H17FN4O. The van der Waals surface area contributed by atoms with Crippen LogP contribution in [-0.2, 0) is 6.42 Å². The lowest BCUT2D eigenvalue weighted by Gasteiger charge is -2.25. The average molecular weight is 348 g/mol. The van der Waals surface area contributed by atoms with E-state index in [1.54, 1.807) is 19.1 Å². The Hall–Kier alpha value is -3.15. The Kier molecular flexibility index (Phi) is 3.95. The summed E-state index contributed by atoms with van der Waals surface area (Å²) < 4.78 is 13.6. The zero-order chi connectivity index (χ0) is 18.3. The molecule has 0 saturated heterocycles. The van der Waals surface area contributed by atoms with Gasteiger partial charge >= 0.3 is 0 Å². The lowest BCUT2D eigenvalue weighted by molar-refractivity contribution is 0.0962. The fourth-order valence-electron chi connectivity index (χ4n) is 3.66. The lowest BCUT2D eigenvalue weighted by Crippen LogP contribution is -2.23. The quantitative estimate of drug-likeness (QED) is 0.717. The topological polar surface area (TPSA) is 81.8 Å². The summed E-state index contributed by atoms with van der Waals surface area (Å²) in [5.41, 5.74) is 9.98. The second-order valence-corrected chi connectivity index (χ2v) is 6.45. The smallest absolute Gasteiger partial charge is 0.220 e.